The maximum absolute atomic E-state index is 13.5. The van der Waals surface area contributed by atoms with Crippen molar-refractivity contribution in [3.63, 3.8) is 0 Å². The lowest BCUT2D eigenvalue weighted by atomic mass is 9.85. The van der Waals surface area contributed by atoms with Gasteiger partial charge in [-0.3, -0.25) is 9.48 Å². The van der Waals surface area contributed by atoms with Crippen LogP contribution in [0, 0.1) is 11.8 Å². The summed E-state index contributed by atoms with van der Waals surface area (Å²) in [6.07, 6.45) is 1.58. The molecule has 53 heavy (non-hydrogen) atoms. The van der Waals surface area contributed by atoms with Crippen molar-refractivity contribution in [1.29, 1.82) is 0 Å². The Balaban J connectivity index is 0.000000217. The van der Waals surface area contributed by atoms with Crippen molar-refractivity contribution in [2.75, 3.05) is 51.3 Å². The van der Waals surface area contributed by atoms with E-state index in [0.717, 1.165) is 34.9 Å². The van der Waals surface area contributed by atoms with Crippen LogP contribution in [-0.4, -0.2) is 97.2 Å². The number of nitrogens with one attached hydrogen (secondary N) is 3. The monoisotopic (exact) mass is 727 g/mol. The lowest BCUT2D eigenvalue weighted by Gasteiger charge is -2.20. The zero-order valence-electron chi connectivity index (χ0n) is 30.0. The number of aliphatic hydroxyl groups excluding tert-OH is 2. The first-order chi connectivity index (χ1) is 25.5. The van der Waals surface area contributed by atoms with E-state index in [4.69, 9.17) is 15.3 Å². The van der Waals surface area contributed by atoms with Crippen molar-refractivity contribution >= 4 is 22.4 Å². The van der Waals surface area contributed by atoms with Crippen LogP contribution in [0.4, 0.5) is 5.69 Å². The number of carbonyl (C=O) groups excluding carboxylic acids is 1. The highest BCUT2D eigenvalue weighted by molar-refractivity contribution is 6.28. The van der Waals surface area contributed by atoms with Crippen LogP contribution in [0.15, 0.2) is 66.7 Å². The van der Waals surface area contributed by atoms with Crippen molar-refractivity contribution in [2.24, 2.45) is 11.8 Å². The van der Waals surface area contributed by atoms with E-state index in [2.05, 4.69) is 29.8 Å². The van der Waals surface area contributed by atoms with Crippen LogP contribution >= 0.6 is 0 Å². The molecule has 0 bridgehead atoms. The summed E-state index contributed by atoms with van der Waals surface area (Å²) in [7, 11) is 0. The summed E-state index contributed by atoms with van der Waals surface area (Å²) in [5.41, 5.74) is 5.58. The number of aromatic hydroxyl groups is 5. The average Bonchev–Trinajstić information content (AvgIpc) is 3.51. The number of hydrogen-bond donors (Lipinski definition) is 10. The van der Waals surface area contributed by atoms with Crippen molar-refractivity contribution in [3.05, 3.63) is 89.0 Å². The van der Waals surface area contributed by atoms with Crippen molar-refractivity contribution in [3.8, 4) is 40.0 Å². The van der Waals surface area contributed by atoms with Gasteiger partial charge in [0, 0.05) is 49.4 Å². The molecule has 0 saturated carbocycles. The highest BCUT2D eigenvalue weighted by Gasteiger charge is 2.33. The topological polar surface area (TPSA) is 213 Å². The van der Waals surface area contributed by atoms with E-state index in [1.807, 2.05) is 35.0 Å². The Hall–Kier alpha value is -5.34. The fraction of sp³-hybridized carbons (Fsp3) is 0.350. The molecule has 0 amide bonds. The summed E-state index contributed by atoms with van der Waals surface area (Å²) in [6.45, 7) is 7.84. The number of hydrogen-bond acceptors (Lipinski definition) is 12. The first kappa shape index (κ1) is 38.9. The Labute approximate surface area is 308 Å². The minimum absolute atomic E-state index is 0.0557. The largest absolute Gasteiger partial charge is 0.507 e. The van der Waals surface area contributed by atoms with Crippen molar-refractivity contribution < 1.29 is 40.5 Å². The number of anilines is 1. The van der Waals surface area contributed by atoms with Crippen molar-refractivity contribution in [1.82, 2.24) is 20.4 Å². The molecule has 6 rings (SSSR count). The quantitative estimate of drug-likeness (QED) is 0.0505. The molecule has 0 radical (unpaired) electrons. The zero-order chi connectivity index (χ0) is 38.1. The number of ketones is 1. The Kier molecular flexibility index (Phi) is 13.2. The van der Waals surface area contributed by atoms with Crippen LogP contribution in [0.1, 0.15) is 40.9 Å². The first-order valence-electron chi connectivity index (χ1n) is 17.8. The third-order valence-electron chi connectivity index (χ3n) is 9.53. The number of carbonyl (C=O) groups is 1. The molecule has 0 unspecified atom stereocenters. The number of rotatable bonds is 16. The predicted octanol–water partition coefficient (Wildman–Crippen LogP) is 4.10. The van der Waals surface area contributed by atoms with Crippen LogP contribution in [0.3, 0.4) is 0 Å². The van der Waals surface area contributed by atoms with Gasteiger partial charge >= 0.3 is 0 Å². The van der Waals surface area contributed by atoms with Gasteiger partial charge in [0.1, 0.15) is 11.4 Å². The molecule has 0 aliphatic heterocycles. The standard InChI is InChI=1S/C22H27N5O4.C18H22O4/c28-12-9-23-6-7-25-15-4-5-16-20-19(15)22(31)18-14(2-1-3-17(18)30)21(20)26-27(16)11-8-24-10-13-29;1-11(7-13-3-5-15(19)17(21)9-13)12(2)8-14-4-6-16(20)18(22)10-14/h1-5,23-25,28-30H,6-13H2;3-6,9-12,19-22H,7-8H2,1-2H3/t;11-,12+. The minimum atomic E-state index is -0.227. The second kappa shape index (κ2) is 17.9. The summed E-state index contributed by atoms with van der Waals surface area (Å²) < 4.78 is 1.86. The molecule has 4 aromatic carbocycles. The van der Waals surface area contributed by atoms with E-state index < -0.39 is 0 Å². The molecule has 13 nitrogen and oxygen atoms in total. The SMILES string of the molecule is C[C@H](Cc1ccc(O)c(O)c1)[C@@H](C)Cc1ccc(O)c(O)c1.O=C1c2c(O)cccc2-c2nn(CCNCCO)c3ccc(NCCNCCO)c1c23. The number of phenols is 5. The van der Waals surface area contributed by atoms with Gasteiger partial charge in [-0.05, 0) is 78.3 Å². The fourth-order valence-electron chi connectivity index (χ4n) is 6.53. The van der Waals surface area contributed by atoms with Gasteiger partial charge in [0.05, 0.1) is 36.4 Å². The minimum Gasteiger partial charge on any atom is -0.507 e. The fourth-order valence-corrected chi connectivity index (χ4v) is 6.53. The number of aromatic nitrogens is 2. The smallest absolute Gasteiger partial charge is 0.200 e. The molecular weight excluding hydrogens is 678 g/mol. The van der Waals surface area contributed by atoms with Gasteiger partial charge in [-0.25, -0.2) is 0 Å². The Morgan fingerprint density at radius 3 is 1.85 bits per heavy atom. The Bertz CT molecular complexity index is 1970. The lowest BCUT2D eigenvalue weighted by molar-refractivity contribution is 0.103. The number of benzene rings is 4. The lowest BCUT2D eigenvalue weighted by Crippen LogP contribution is -2.25. The van der Waals surface area contributed by atoms with Gasteiger partial charge < -0.3 is 51.7 Å². The molecule has 2 atom stereocenters. The van der Waals surface area contributed by atoms with Crippen LogP contribution in [0.2, 0.25) is 0 Å². The maximum Gasteiger partial charge on any atom is 0.200 e. The molecular formula is C40H49N5O8. The molecule has 0 spiro atoms. The number of nitrogens with zero attached hydrogens (tertiary/aromatic N) is 2. The number of fused-ring (bicyclic) bond motifs is 2. The van der Waals surface area contributed by atoms with E-state index in [0.29, 0.717) is 73.6 Å². The zero-order valence-corrected chi connectivity index (χ0v) is 30.0. The van der Waals surface area contributed by atoms with Gasteiger partial charge in [-0.1, -0.05) is 38.1 Å². The summed E-state index contributed by atoms with van der Waals surface area (Å²) in [5.74, 6) is 0.0317. The molecule has 0 saturated heterocycles. The average molecular weight is 728 g/mol. The molecule has 1 heterocycles. The molecule has 10 N–H and O–H groups in total. The second-order valence-electron chi connectivity index (χ2n) is 13.4. The number of phenolic OH excluding ortho intramolecular Hbond substituents is 5. The summed E-state index contributed by atoms with van der Waals surface area (Å²) in [5, 5.41) is 81.2. The second-order valence-corrected chi connectivity index (χ2v) is 13.4. The van der Waals surface area contributed by atoms with Crippen LogP contribution in [0.5, 0.6) is 28.7 Å². The van der Waals surface area contributed by atoms with Gasteiger partial charge in [0.2, 0.25) is 0 Å². The van der Waals surface area contributed by atoms with Gasteiger partial charge in [0.25, 0.3) is 0 Å². The highest BCUT2D eigenvalue weighted by atomic mass is 16.3. The van der Waals surface area contributed by atoms with Gasteiger partial charge in [-0.15, -0.1) is 0 Å². The number of aliphatic hydroxyl groups is 2. The Morgan fingerprint density at radius 1 is 0.660 bits per heavy atom. The van der Waals surface area contributed by atoms with E-state index in [9.17, 15) is 30.3 Å². The molecule has 1 aromatic heterocycles. The maximum atomic E-state index is 13.5. The first-order valence-corrected chi connectivity index (χ1v) is 17.8. The van der Waals surface area contributed by atoms with Gasteiger partial charge in [0.15, 0.2) is 28.8 Å². The van der Waals surface area contributed by atoms with Gasteiger partial charge in [-0.2, -0.15) is 5.10 Å². The van der Waals surface area contributed by atoms with Crippen LogP contribution in [0.25, 0.3) is 22.2 Å². The molecule has 13 heteroatoms. The van der Waals surface area contributed by atoms with Crippen LogP contribution in [-0.2, 0) is 19.4 Å². The summed E-state index contributed by atoms with van der Waals surface area (Å²) >= 11 is 0. The molecule has 1 aliphatic carbocycles. The van der Waals surface area contributed by atoms with Crippen molar-refractivity contribution in [2.45, 2.75) is 33.2 Å². The van der Waals surface area contributed by atoms with E-state index >= 15 is 0 Å². The summed E-state index contributed by atoms with van der Waals surface area (Å²) in [6, 6.07) is 18.7. The molecule has 1 aliphatic rings. The normalized spacial score (nSPS) is 12.9. The highest BCUT2D eigenvalue weighted by Crippen LogP contribution is 2.44. The van der Waals surface area contributed by atoms with E-state index in [-0.39, 0.29) is 53.3 Å². The predicted molar refractivity (Wildman–Crippen MR) is 204 cm³/mol. The third kappa shape index (κ3) is 9.18. The summed E-state index contributed by atoms with van der Waals surface area (Å²) in [4.78, 5) is 13.5. The molecule has 0 fully saturated rings. The van der Waals surface area contributed by atoms with E-state index in [1.54, 1.807) is 18.2 Å². The van der Waals surface area contributed by atoms with Crippen LogP contribution < -0.4 is 16.0 Å². The molecule has 5 aromatic rings. The van der Waals surface area contributed by atoms with E-state index in [1.165, 1.54) is 18.2 Å². The third-order valence-corrected chi connectivity index (χ3v) is 9.53. The Morgan fingerprint density at radius 2 is 1.26 bits per heavy atom. The molecule has 282 valence electrons.